The Hall–Kier alpha value is -4.50. The number of hydrogen-bond acceptors (Lipinski definition) is 6. The zero-order valence-corrected chi connectivity index (χ0v) is 24.2. The minimum Gasteiger partial charge on any atom is -0.504 e. The van der Waals surface area contributed by atoms with E-state index in [2.05, 4.69) is 10.0 Å². The van der Waals surface area contributed by atoms with Gasteiger partial charge in [-0.2, -0.15) is 0 Å². The van der Waals surface area contributed by atoms with Crippen LogP contribution in [0.1, 0.15) is 72.1 Å². The summed E-state index contributed by atoms with van der Waals surface area (Å²) in [5.74, 6) is -2.45. The summed E-state index contributed by atoms with van der Waals surface area (Å²) >= 11 is 0. The van der Waals surface area contributed by atoms with Crippen molar-refractivity contribution in [2.45, 2.75) is 50.8 Å². The van der Waals surface area contributed by atoms with Crippen LogP contribution in [0.3, 0.4) is 0 Å². The highest BCUT2D eigenvalue weighted by Crippen LogP contribution is 2.42. The third kappa shape index (κ3) is 6.47. The summed E-state index contributed by atoms with van der Waals surface area (Å²) in [7, 11) is -3.89. The molecule has 0 aliphatic heterocycles. The minimum absolute atomic E-state index is 0.00490. The van der Waals surface area contributed by atoms with E-state index in [0.29, 0.717) is 5.69 Å². The van der Waals surface area contributed by atoms with Crippen molar-refractivity contribution in [3.05, 3.63) is 107 Å². The third-order valence-corrected chi connectivity index (χ3v) is 8.26. The van der Waals surface area contributed by atoms with E-state index in [4.69, 9.17) is 0 Å². The van der Waals surface area contributed by atoms with Crippen molar-refractivity contribution in [3.63, 3.8) is 0 Å². The zero-order chi connectivity index (χ0) is 29.9. The lowest BCUT2D eigenvalue weighted by Crippen LogP contribution is -2.15. The molecule has 0 aliphatic rings. The molecule has 0 unspecified atom stereocenters. The summed E-state index contributed by atoms with van der Waals surface area (Å²) < 4.78 is 28.7. The maximum atomic E-state index is 13.1. The highest BCUT2D eigenvalue weighted by molar-refractivity contribution is 7.92. The summed E-state index contributed by atoms with van der Waals surface area (Å²) in [5.41, 5.74) is 3.64. The van der Waals surface area contributed by atoms with Gasteiger partial charge in [0.1, 0.15) is 0 Å². The first-order valence-corrected chi connectivity index (χ1v) is 14.7. The van der Waals surface area contributed by atoms with Crippen molar-refractivity contribution >= 4 is 27.3 Å². The van der Waals surface area contributed by atoms with Crippen molar-refractivity contribution < 1.29 is 28.5 Å². The van der Waals surface area contributed by atoms with Crippen LogP contribution in [0.2, 0.25) is 0 Å². The number of phenols is 3. The largest absolute Gasteiger partial charge is 0.504 e. The minimum atomic E-state index is -3.89. The third-order valence-electron chi connectivity index (χ3n) is 6.88. The molecule has 214 valence electrons. The molecule has 1 amide bonds. The van der Waals surface area contributed by atoms with Gasteiger partial charge in [0, 0.05) is 17.7 Å². The number of sulfonamides is 1. The number of hydrogen-bond donors (Lipinski definition) is 5. The second-order valence-corrected chi connectivity index (χ2v) is 12.2. The van der Waals surface area contributed by atoms with Crippen LogP contribution in [0.5, 0.6) is 17.2 Å². The van der Waals surface area contributed by atoms with Crippen LogP contribution < -0.4 is 10.0 Å². The van der Waals surface area contributed by atoms with Crippen molar-refractivity contribution in [1.82, 2.24) is 0 Å². The Balaban J connectivity index is 1.56. The normalized spacial score (nSPS) is 11.6. The summed E-state index contributed by atoms with van der Waals surface area (Å²) in [5, 5.41) is 34.0. The van der Waals surface area contributed by atoms with Crippen molar-refractivity contribution in [2.24, 2.45) is 0 Å². The highest BCUT2D eigenvalue weighted by atomic mass is 32.2. The van der Waals surface area contributed by atoms with E-state index >= 15 is 0 Å². The maximum Gasteiger partial charge on any atom is 0.261 e. The number of phenolic OH excluding ortho intramolecular Hbond substituents is 3. The summed E-state index contributed by atoms with van der Waals surface area (Å²) in [6.07, 6.45) is 0.230. The number of benzene rings is 4. The van der Waals surface area contributed by atoms with Crippen molar-refractivity contribution in [3.8, 4) is 17.2 Å². The Labute approximate surface area is 240 Å². The smallest absolute Gasteiger partial charge is 0.261 e. The number of anilines is 2. The molecule has 41 heavy (non-hydrogen) atoms. The Kier molecular flexibility index (Phi) is 8.58. The van der Waals surface area contributed by atoms with Gasteiger partial charge >= 0.3 is 0 Å². The van der Waals surface area contributed by atoms with Crippen LogP contribution in [0, 0.1) is 0 Å². The topological polar surface area (TPSA) is 136 Å². The first-order chi connectivity index (χ1) is 19.4. The second kappa shape index (κ2) is 11.9. The van der Waals surface area contributed by atoms with Crippen LogP contribution in [-0.4, -0.2) is 29.6 Å². The number of carbonyl (C=O) groups is 1. The lowest BCUT2D eigenvalue weighted by molar-refractivity contribution is 0.102. The van der Waals surface area contributed by atoms with Gasteiger partial charge in [0.15, 0.2) is 11.5 Å². The number of carbonyl (C=O) groups excluding carboxylic acids is 1. The van der Waals surface area contributed by atoms with Gasteiger partial charge in [0.25, 0.3) is 15.9 Å². The number of aromatic hydroxyl groups is 3. The van der Waals surface area contributed by atoms with Gasteiger partial charge in [-0.15, -0.1) is 0 Å². The molecule has 9 heteroatoms. The van der Waals surface area contributed by atoms with E-state index in [9.17, 15) is 28.5 Å². The highest BCUT2D eigenvalue weighted by Gasteiger charge is 2.23. The molecule has 0 atom stereocenters. The first-order valence-electron chi connectivity index (χ1n) is 13.3. The van der Waals surface area contributed by atoms with Gasteiger partial charge in [0.2, 0.25) is 5.75 Å². The Morgan fingerprint density at radius 1 is 0.732 bits per heavy atom. The maximum absolute atomic E-state index is 13.1. The number of amides is 1. The molecule has 4 aromatic rings. The predicted molar refractivity (Wildman–Crippen MR) is 161 cm³/mol. The fraction of sp³-hybridized carbons (Fsp3) is 0.219. The van der Waals surface area contributed by atoms with Crippen molar-refractivity contribution in [2.75, 3.05) is 10.0 Å². The summed E-state index contributed by atoms with van der Waals surface area (Å²) in [4.78, 5) is 13.1. The standard InChI is InChI=1S/C32H34N2O6S/c1-19(2)25-10-6-5-9-21(25)17-22-18-27(30(36)31(37)29(22)35)32(38)33-23-13-15-24(16-14-23)41(39,40)34-28-12-8-7-11-26(28)20(3)4/h5-16,18-20,34-37H,17H2,1-4H3,(H,33,38). The van der Waals surface area contributed by atoms with Crippen LogP contribution in [0.4, 0.5) is 11.4 Å². The second-order valence-electron chi connectivity index (χ2n) is 10.5. The average Bonchev–Trinajstić information content (AvgIpc) is 2.93. The molecule has 0 fully saturated rings. The molecule has 5 N–H and O–H groups in total. The van der Waals surface area contributed by atoms with Gasteiger partial charge in [0.05, 0.1) is 16.1 Å². The van der Waals surface area contributed by atoms with Gasteiger partial charge in [-0.3, -0.25) is 9.52 Å². The molecule has 0 heterocycles. The Morgan fingerprint density at radius 3 is 1.95 bits per heavy atom. The number of rotatable bonds is 9. The molecule has 4 rings (SSSR count). The fourth-order valence-electron chi connectivity index (χ4n) is 4.69. The molecule has 0 aromatic heterocycles. The Morgan fingerprint density at radius 2 is 1.32 bits per heavy atom. The van der Waals surface area contributed by atoms with Crippen LogP contribution in [0.25, 0.3) is 0 Å². The quantitative estimate of drug-likeness (QED) is 0.141. The molecule has 0 saturated heterocycles. The van der Waals surface area contributed by atoms with Gasteiger partial charge in [-0.25, -0.2) is 8.42 Å². The average molecular weight is 575 g/mol. The first kappa shape index (κ1) is 29.5. The summed E-state index contributed by atoms with van der Waals surface area (Å²) in [6.45, 7) is 8.04. The lowest BCUT2D eigenvalue weighted by Gasteiger charge is -2.16. The monoisotopic (exact) mass is 574 g/mol. The molecule has 0 radical (unpaired) electrons. The molecule has 0 aliphatic carbocycles. The van der Waals surface area contributed by atoms with E-state index in [1.54, 1.807) is 12.1 Å². The number of nitrogens with one attached hydrogen (secondary N) is 2. The zero-order valence-electron chi connectivity index (χ0n) is 23.3. The van der Waals surface area contributed by atoms with E-state index in [-0.39, 0.29) is 40.0 Å². The molecular weight excluding hydrogens is 540 g/mol. The van der Waals surface area contributed by atoms with Crippen LogP contribution in [0.15, 0.2) is 83.8 Å². The van der Waals surface area contributed by atoms with Crippen LogP contribution >= 0.6 is 0 Å². The van der Waals surface area contributed by atoms with Gasteiger partial charge in [-0.05, 0) is 64.9 Å². The fourth-order valence-corrected chi connectivity index (χ4v) is 5.77. The van der Waals surface area contributed by atoms with Gasteiger partial charge in [-0.1, -0.05) is 70.2 Å². The molecule has 0 saturated carbocycles. The number of para-hydroxylation sites is 1. The predicted octanol–water partition coefficient (Wildman–Crippen LogP) is 6.69. The van der Waals surface area contributed by atoms with Crippen molar-refractivity contribution in [1.29, 1.82) is 0 Å². The SMILES string of the molecule is CC(C)c1ccccc1Cc1cc(C(=O)Nc2ccc(S(=O)(=O)Nc3ccccc3C(C)C)cc2)c(O)c(O)c1O. The lowest BCUT2D eigenvalue weighted by atomic mass is 9.92. The van der Waals surface area contributed by atoms with E-state index < -0.39 is 33.2 Å². The molecule has 8 nitrogen and oxygen atoms in total. The molecule has 0 spiro atoms. The van der Waals surface area contributed by atoms with E-state index in [1.807, 2.05) is 64.1 Å². The molecule has 4 aromatic carbocycles. The van der Waals surface area contributed by atoms with Crippen LogP contribution in [-0.2, 0) is 16.4 Å². The van der Waals surface area contributed by atoms with E-state index in [1.165, 1.54) is 30.3 Å². The Bertz CT molecular complexity index is 1680. The molecular formula is C32H34N2O6S. The molecule has 0 bridgehead atoms. The van der Waals surface area contributed by atoms with E-state index in [0.717, 1.165) is 16.7 Å². The van der Waals surface area contributed by atoms with Gasteiger partial charge < -0.3 is 20.6 Å². The summed E-state index contributed by atoms with van der Waals surface area (Å²) in [6, 6.07) is 21.8.